The van der Waals surface area contributed by atoms with Crippen LogP contribution in [0.3, 0.4) is 0 Å². The van der Waals surface area contributed by atoms with Gasteiger partial charge in [-0.25, -0.2) is 0 Å². The third-order valence-electron chi connectivity index (χ3n) is 3.44. The van der Waals surface area contributed by atoms with Gasteiger partial charge in [-0.2, -0.15) is 11.8 Å². The zero-order valence-corrected chi connectivity index (χ0v) is 10.7. The first-order valence-electron chi connectivity index (χ1n) is 4.53. The van der Waals surface area contributed by atoms with Crippen molar-refractivity contribution < 1.29 is 32.7 Å². The maximum Gasteiger partial charge on any atom is 0.000813 e. The predicted octanol–water partition coefficient (Wildman–Crippen LogP) is 1.47. The van der Waals surface area contributed by atoms with E-state index in [0.717, 1.165) is 11.8 Å². The first kappa shape index (κ1) is 11.1. The molecule has 1 radical (unpaired) electrons. The summed E-state index contributed by atoms with van der Waals surface area (Å²) in [7, 11) is 2.21. The van der Waals surface area contributed by atoms with Crippen LogP contribution in [0.4, 0.5) is 0 Å². The number of hydrogen-bond donors (Lipinski definition) is 0. The topological polar surface area (TPSA) is 3.24 Å². The van der Waals surface area contributed by atoms with Gasteiger partial charge in [0.05, 0.1) is 0 Å². The van der Waals surface area contributed by atoms with Crippen molar-refractivity contribution in [3.63, 3.8) is 0 Å². The van der Waals surface area contributed by atoms with Crippen molar-refractivity contribution in [3.05, 3.63) is 13.8 Å². The van der Waals surface area contributed by atoms with Gasteiger partial charge in [0.1, 0.15) is 0 Å². The van der Waals surface area contributed by atoms with Gasteiger partial charge in [0.25, 0.3) is 0 Å². The molecule has 0 bridgehead atoms. The molecule has 0 aromatic heterocycles. The molecule has 0 spiro atoms. The van der Waals surface area contributed by atoms with Gasteiger partial charge in [-0.3, -0.25) is 0 Å². The average molecular weight is 240 g/mol. The summed E-state index contributed by atoms with van der Waals surface area (Å²) in [6.45, 7) is 10.9. The molecule has 0 aromatic carbocycles. The molecule has 0 N–H and O–H groups in total. The smallest absolute Gasteiger partial charge is 0.000813 e. The summed E-state index contributed by atoms with van der Waals surface area (Å²) in [6, 6.07) is 0. The van der Waals surface area contributed by atoms with Crippen LogP contribution < -0.4 is 0 Å². The normalized spacial score (nSPS) is 47.2. The number of hydrogen-bond acceptors (Lipinski definition) is 1. The zero-order chi connectivity index (χ0) is 8.01. The third-order valence-corrected chi connectivity index (χ3v) is 3.44. The molecule has 12 heavy (non-hydrogen) atoms. The molecular formula is C10H17NY-2. The Bertz CT molecular complexity index is 160. The van der Waals surface area contributed by atoms with E-state index in [1.165, 1.54) is 19.5 Å². The van der Waals surface area contributed by atoms with E-state index in [9.17, 15) is 0 Å². The summed E-state index contributed by atoms with van der Waals surface area (Å²) < 4.78 is 0. The minimum absolute atomic E-state index is 0. The number of nitrogens with zero attached hydrogens (tertiary/aromatic N) is 1. The number of rotatable bonds is 0. The van der Waals surface area contributed by atoms with Crippen molar-refractivity contribution in [2.24, 2.45) is 23.7 Å². The van der Waals surface area contributed by atoms with Crippen molar-refractivity contribution >= 4 is 0 Å². The molecule has 1 heterocycles. The molecule has 2 fully saturated rings. The molecule has 4 atom stereocenters. The van der Waals surface area contributed by atoms with Crippen molar-refractivity contribution in [2.75, 3.05) is 20.1 Å². The monoisotopic (exact) mass is 240 g/mol. The second-order valence-electron chi connectivity index (χ2n) is 4.30. The van der Waals surface area contributed by atoms with E-state index >= 15 is 0 Å². The number of fused-ring (bicyclic) bond motifs is 1. The fourth-order valence-corrected chi connectivity index (χ4v) is 2.77. The Balaban J connectivity index is 0.000000720. The van der Waals surface area contributed by atoms with E-state index in [0.29, 0.717) is 11.8 Å². The maximum atomic E-state index is 4.21. The van der Waals surface area contributed by atoms with Crippen molar-refractivity contribution in [1.82, 2.24) is 4.90 Å². The fraction of sp³-hybridized carbons (Fsp3) is 0.800. The van der Waals surface area contributed by atoms with Gasteiger partial charge in [0.2, 0.25) is 0 Å². The molecule has 1 saturated carbocycles. The van der Waals surface area contributed by atoms with Gasteiger partial charge in [0.15, 0.2) is 0 Å². The number of likely N-dealkylation sites (tertiary alicyclic amines) is 1. The third kappa shape index (κ3) is 1.78. The fourth-order valence-electron chi connectivity index (χ4n) is 2.77. The minimum Gasteiger partial charge on any atom is -0.342 e. The first-order chi connectivity index (χ1) is 5.18. The van der Waals surface area contributed by atoms with Crippen LogP contribution in [-0.2, 0) is 32.7 Å². The molecule has 2 aliphatic rings. The van der Waals surface area contributed by atoms with E-state index in [-0.39, 0.29) is 32.7 Å². The van der Waals surface area contributed by atoms with Gasteiger partial charge in [0, 0.05) is 39.3 Å². The van der Waals surface area contributed by atoms with Gasteiger partial charge in [-0.1, -0.05) is 12.3 Å². The summed E-state index contributed by atoms with van der Waals surface area (Å²) in [5.74, 6) is 3.00. The molecule has 1 aliphatic heterocycles. The van der Waals surface area contributed by atoms with Crippen LogP contribution in [0.15, 0.2) is 0 Å². The second kappa shape index (κ2) is 4.06. The van der Waals surface area contributed by atoms with Crippen molar-refractivity contribution in [1.29, 1.82) is 0 Å². The Kier molecular flexibility index (Phi) is 3.77. The van der Waals surface area contributed by atoms with Crippen molar-refractivity contribution in [2.45, 2.75) is 6.42 Å². The van der Waals surface area contributed by atoms with Gasteiger partial charge in [-0.05, 0) is 19.5 Å². The van der Waals surface area contributed by atoms with Crippen LogP contribution in [0.5, 0.6) is 0 Å². The molecule has 2 heteroatoms. The van der Waals surface area contributed by atoms with Crippen LogP contribution in [0, 0.1) is 37.5 Å². The first-order valence-corrected chi connectivity index (χ1v) is 4.53. The Morgan fingerprint density at radius 1 is 1.25 bits per heavy atom. The van der Waals surface area contributed by atoms with Crippen LogP contribution in [-0.4, -0.2) is 25.0 Å². The predicted molar refractivity (Wildman–Crippen MR) is 46.8 cm³/mol. The van der Waals surface area contributed by atoms with Gasteiger partial charge < -0.3 is 18.7 Å². The van der Waals surface area contributed by atoms with Crippen LogP contribution in [0.25, 0.3) is 0 Å². The van der Waals surface area contributed by atoms with Crippen molar-refractivity contribution in [3.8, 4) is 0 Å². The van der Waals surface area contributed by atoms with E-state index in [2.05, 4.69) is 25.8 Å². The molecule has 1 aliphatic carbocycles. The molecule has 4 unspecified atom stereocenters. The maximum absolute atomic E-state index is 4.21. The Labute approximate surface area is 101 Å². The molecule has 1 saturated heterocycles. The summed E-state index contributed by atoms with van der Waals surface area (Å²) in [4.78, 5) is 2.43. The largest absolute Gasteiger partial charge is 0.342 e. The zero-order valence-electron chi connectivity index (χ0n) is 7.87. The second-order valence-corrected chi connectivity index (χ2v) is 4.30. The molecular weight excluding hydrogens is 223 g/mol. The quantitative estimate of drug-likeness (QED) is 0.579. The van der Waals surface area contributed by atoms with E-state index < -0.39 is 0 Å². The molecule has 67 valence electrons. The Morgan fingerprint density at radius 2 is 1.92 bits per heavy atom. The summed E-state index contributed by atoms with van der Waals surface area (Å²) in [6.07, 6.45) is 1.31. The average Bonchev–Trinajstić information content (AvgIpc) is 2.37. The summed E-state index contributed by atoms with van der Waals surface area (Å²) >= 11 is 0. The summed E-state index contributed by atoms with van der Waals surface area (Å²) in [5, 5.41) is 0. The summed E-state index contributed by atoms with van der Waals surface area (Å²) in [5.41, 5.74) is 0. The minimum atomic E-state index is 0. The molecule has 1 nitrogen and oxygen atoms in total. The standard InChI is InChI=1S/C10H17N.Y/c1-7-4-9-5-11(3)6-10(9)8(7)2;/h7-10H,1-2,4-6H2,3H3;/q-2;. The van der Waals surface area contributed by atoms with E-state index in [1.54, 1.807) is 0 Å². The van der Waals surface area contributed by atoms with Crippen LogP contribution in [0.1, 0.15) is 6.42 Å². The van der Waals surface area contributed by atoms with Gasteiger partial charge >= 0.3 is 0 Å². The molecule has 0 aromatic rings. The van der Waals surface area contributed by atoms with Crippen LogP contribution >= 0.6 is 0 Å². The molecule has 2 rings (SSSR count). The van der Waals surface area contributed by atoms with Gasteiger partial charge in [-0.15, -0.1) is 0 Å². The SMILES string of the molecule is [CH2-]C1CC2CN(C)CC2C1[CH2-].[Y]. The van der Waals surface area contributed by atoms with E-state index in [4.69, 9.17) is 0 Å². The Morgan fingerprint density at radius 3 is 2.50 bits per heavy atom. The molecule has 0 amide bonds. The Hall–Kier alpha value is 1.06. The van der Waals surface area contributed by atoms with E-state index in [1.807, 2.05) is 0 Å². The van der Waals surface area contributed by atoms with Crippen LogP contribution in [0.2, 0.25) is 0 Å².